The Kier molecular flexibility index (Phi) is 5.61. The molecule has 1 aliphatic heterocycles. The molecule has 2 aliphatic carbocycles. The van der Waals surface area contributed by atoms with Gasteiger partial charge < -0.3 is 10.2 Å². The summed E-state index contributed by atoms with van der Waals surface area (Å²) in [4.78, 5) is 28.0. The summed E-state index contributed by atoms with van der Waals surface area (Å²) in [5.41, 5.74) is 3.00. The lowest BCUT2D eigenvalue weighted by Crippen LogP contribution is -2.44. The zero-order chi connectivity index (χ0) is 18.6. The molecule has 4 rings (SSSR count). The van der Waals surface area contributed by atoms with Crippen LogP contribution in [0.4, 0.5) is 0 Å². The molecule has 4 nitrogen and oxygen atoms in total. The molecule has 4 heteroatoms. The average Bonchev–Trinajstić information content (AvgIpc) is 3.00. The summed E-state index contributed by atoms with van der Waals surface area (Å²) in [7, 11) is 0. The van der Waals surface area contributed by atoms with Gasteiger partial charge >= 0.3 is 0 Å². The highest BCUT2D eigenvalue weighted by molar-refractivity contribution is 6.04. The number of hydrogen-bond acceptors (Lipinski definition) is 2. The minimum atomic E-state index is -0.472. The molecule has 1 aromatic carbocycles. The van der Waals surface area contributed by atoms with E-state index in [2.05, 4.69) is 11.4 Å². The van der Waals surface area contributed by atoms with Gasteiger partial charge in [0.25, 0.3) is 5.91 Å². The summed E-state index contributed by atoms with van der Waals surface area (Å²) in [6.45, 7) is 0.627. The molecule has 2 amide bonds. The van der Waals surface area contributed by atoms with E-state index in [4.69, 9.17) is 0 Å². The van der Waals surface area contributed by atoms with Crippen LogP contribution in [0.15, 0.2) is 35.9 Å². The van der Waals surface area contributed by atoms with Gasteiger partial charge in [-0.3, -0.25) is 9.59 Å². The second-order valence-electron chi connectivity index (χ2n) is 8.19. The highest BCUT2D eigenvalue weighted by atomic mass is 16.2. The van der Waals surface area contributed by atoms with Crippen LogP contribution in [-0.2, 0) is 4.79 Å². The SMILES string of the molecule is O=C(NC1CCCCC1)C1c2ccccc2C(=O)N1CCC1=CCCCC1. The summed E-state index contributed by atoms with van der Waals surface area (Å²) in [6, 6.07) is 7.41. The molecule has 1 saturated carbocycles. The number of nitrogens with one attached hydrogen (secondary N) is 1. The first kappa shape index (κ1) is 18.3. The molecule has 1 aromatic rings. The van der Waals surface area contributed by atoms with Gasteiger partial charge in [-0.25, -0.2) is 0 Å². The third-order valence-corrected chi connectivity index (χ3v) is 6.32. The summed E-state index contributed by atoms with van der Waals surface area (Å²) in [6.07, 6.45) is 13.7. The van der Waals surface area contributed by atoms with E-state index >= 15 is 0 Å². The molecule has 1 N–H and O–H groups in total. The highest BCUT2D eigenvalue weighted by Gasteiger charge is 2.41. The van der Waals surface area contributed by atoms with E-state index in [1.165, 1.54) is 37.7 Å². The van der Waals surface area contributed by atoms with Gasteiger partial charge in [-0.05, 0) is 56.6 Å². The lowest BCUT2D eigenvalue weighted by atomic mass is 9.94. The highest BCUT2D eigenvalue weighted by Crippen LogP contribution is 2.35. The van der Waals surface area contributed by atoms with Crippen LogP contribution in [0.5, 0.6) is 0 Å². The number of nitrogens with zero attached hydrogens (tertiary/aromatic N) is 1. The lowest BCUT2D eigenvalue weighted by molar-refractivity contribution is -0.126. The van der Waals surface area contributed by atoms with Crippen LogP contribution in [0.2, 0.25) is 0 Å². The molecule has 0 radical (unpaired) electrons. The van der Waals surface area contributed by atoms with Crippen molar-refractivity contribution in [2.45, 2.75) is 76.3 Å². The number of benzene rings is 1. The van der Waals surface area contributed by atoms with Crippen molar-refractivity contribution in [1.29, 1.82) is 0 Å². The Hall–Kier alpha value is -2.10. The maximum atomic E-state index is 13.2. The van der Waals surface area contributed by atoms with Crippen LogP contribution in [0.3, 0.4) is 0 Å². The zero-order valence-corrected chi connectivity index (χ0v) is 16.1. The van der Waals surface area contributed by atoms with Crippen LogP contribution in [-0.4, -0.2) is 29.3 Å². The van der Waals surface area contributed by atoms with Gasteiger partial charge in [-0.2, -0.15) is 0 Å². The molecular formula is C23H30N2O2. The van der Waals surface area contributed by atoms with Gasteiger partial charge in [-0.15, -0.1) is 0 Å². The minimum absolute atomic E-state index is 0.00202. The van der Waals surface area contributed by atoms with Crippen molar-refractivity contribution < 1.29 is 9.59 Å². The fraction of sp³-hybridized carbons (Fsp3) is 0.565. The number of hydrogen-bond donors (Lipinski definition) is 1. The Bertz CT molecular complexity index is 734. The maximum absolute atomic E-state index is 13.2. The quantitative estimate of drug-likeness (QED) is 0.779. The first-order valence-electron chi connectivity index (χ1n) is 10.6. The van der Waals surface area contributed by atoms with E-state index < -0.39 is 6.04 Å². The van der Waals surface area contributed by atoms with Gasteiger partial charge in [0.1, 0.15) is 6.04 Å². The van der Waals surface area contributed by atoms with Crippen molar-refractivity contribution >= 4 is 11.8 Å². The normalized spacial score (nSPS) is 23.1. The molecule has 0 spiro atoms. The fourth-order valence-electron chi connectivity index (χ4n) is 4.81. The van der Waals surface area contributed by atoms with Crippen LogP contribution in [0.25, 0.3) is 0 Å². The summed E-state index contributed by atoms with van der Waals surface area (Å²) in [5, 5.41) is 3.24. The molecule has 1 heterocycles. The molecule has 0 saturated heterocycles. The van der Waals surface area contributed by atoms with Crippen molar-refractivity contribution in [3.8, 4) is 0 Å². The lowest BCUT2D eigenvalue weighted by Gasteiger charge is -2.29. The number of amides is 2. The maximum Gasteiger partial charge on any atom is 0.255 e. The smallest absolute Gasteiger partial charge is 0.255 e. The molecule has 144 valence electrons. The molecule has 0 bridgehead atoms. The van der Waals surface area contributed by atoms with E-state index in [0.717, 1.165) is 37.7 Å². The number of carbonyl (C=O) groups excluding carboxylic acids is 2. The van der Waals surface area contributed by atoms with Crippen molar-refractivity contribution in [2.75, 3.05) is 6.54 Å². The molecule has 3 aliphatic rings. The Balaban J connectivity index is 1.51. The van der Waals surface area contributed by atoms with Gasteiger partial charge in [0.15, 0.2) is 0 Å². The Morgan fingerprint density at radius 3 is 2.67 bits per heavy atom. The van der Waals surface area contributed by atoms with Crippen molar-refractivity contribution in [3.05, 3.63) is 47.0 Å². The summed E-state index contributed by atoms with van der Waals surface area (Å²) < 4.78 is 0. The standard InChI is InChI=1S/C23H30N2O2/c26-22(24-18-11-5-2-6-12-18)21-19-13-7-8-14-20(19)23(27)25(21)16-15-17-9-3-1-4-10-17/h7-9,13-14,18,21H,1-6,10-12,15-16H2,(H,24,26). The molecule has 1 fully saturated rings. The topological polar surface area (TPSA) is 49.4 Å². The number of allylic oxidation sites excluding steroid dienone is 1. The molecule has 0 aromatic heterocycles. The zero-order valence-electron chi connectivity index (χ0n) is 16.1. The average molecular weight is 367 g/mol. The number of fused-ring (bicyclic) bond motifs is 1. The molecule has 27 heavy (non-hydrogen) atoms. The van der Waals surface area contributed by atoms with E-state index in [1.54, 1.807) is 4.90 Å². The van der Waals surface area contributed by atoms with E-state index in [-0.39, 0.29) is 17.9 Å². The first-order chi connectivity index (χ1) is 13.2. The Morgan fingerprint density at radius 2 is 1.89 bits per heavy atom. The summed E-state index contributed by atoms with van der Waals surface area (Å²) >= 11 is 0. The summed E-state index contributed by atoms with van der Waals surface area (Å²) in [5.74, 6) is 0.00336. The predicted molar refractivity (Wildman–Crippen MR) is 106 cm³/mol. The Labute approximate surface area is 162 Å². The fourth-order valence-corrected chi connectivity index (χ4v) is 4.81. The third kappa shape index (κ3) is 3.95. The molecular weight excluding hydrogens is 336 g/mol. The van der Waals surface area contributed by atoms with Gasteiger partial charge in [0, 0.05) is 18.2 Å². The van der Waals surface area contributed by atoms with Crippen LogP contribution in [0, 0.1) is 0 Å². The van der Waals surface area contributed by atoms with E-state index in [9.17, 15) is 9.59 Å². The first-order valence-corrected chi connectivity index (χ1v) is 10.6. The predicted octanol–water partition coefficient (Wildman–Crippen LogP) is 4.52. The largest absolute Gasteiger partial charge is 0.351 e. The van der Waals surface area contributed by atoms with Crippen LogP contribution < -0.4 is 5.32 Å². The van der Waals surface area contributed by atoms with Crippen molar-refractivity contribution in [2.24, 2.45) is 0 Å². The minimum Gasteiger partial charge on any atom is -0.351 e. The monoisotopic (exact) mass is 366 g/mol. The van der Waals surface area contributed by atoms with E-state index in [1.807, 2.05) is 24.3 Å². The van der Waals surface area contributed by atoms with Crippen LogP contribution in [0.1, 0.15) is 86.2 Å². The Morgan fingerprint density at radius 1 is 1.07 bits per heavy atom. The van der Waals surface area contributed by atoms with Crippen molar-refractivity contribution in [1.82, 2.24) is 10.2 Å². The molecule has 1 unspecified atom stereocenters. The second-order valence-corrected chi connectivity index (χ2v) is 8.19. The van der Waals surface area contributed by atoms with Gasteiger partial charge in [-0.1, -0.05) is 49.1 Å². The van der Waals surface area contributed by atoms with Crippen molar-refractivity contribution in [3.63, 3.8) is 0 Å². The van der Waals surface area contributed by atoms with Gasteiger partial charge in [0.05, 0.1) is 0 Å². The third-order valence-electron chi connectivity index (χ3n) is 6.32. The second kappa shape index (κ2) is 8.28. The number of carbonyl (C=O) groups is 2. The van der Waals surface area contributed by atoms with Crippen LogP contribution >= 0.6 is 0 Å². The van der Waals surface area contributed by atoms with Gasteiger partial charge in [0.2, 0.25) is 5.91 Å². The number of rotatable bonds is 5. The van der Waals surface area contributed by atoms with E-state index in [0.29, 0.717) is 12.1 Å². The molecule has 1 atom stereocenters.